The molecule has 0 saturated heterocycles. The number of fused-ring (bicyclic) bond motifs is 2. The highest BCUT2D eigenvalue weighted by Gasteiger charge is 2.46. The Hall–Kier alpha value is -3.51. The van der Waals surface area contributed by atoms with Crippen LogP contribution in [0.25, 0.3) is 11.0 Å². The van der Waals surface area contributed by atoms with E-state index in [1.807, 2.05) is 0 Å². The fourth-order valence-electron chi connectivity index (χ4n) is 4.66. The molecule has 1 aromatic heterocycles. The molecule has 1 aliphatic rings. The summed E-state index contributed by atoms with van der Waals surface area (Å²) in [5.41, 5.74) is 1.32. The van der Waals surface area contributed by atoms with Crippen LogP contribution in [0.5, 0.6) is 0 Å². The SMILES string of the molecule is CC1(C)C(=O)N(Cc2c(F)cccc2Cl)c2cc(C(=O)NCc3cc4cc([N+](=O)[O-])ccc4o3)cc(I)c21. The molecule has 0 radical (unpaired) electrons. The van der Waals surface area contributed by atoms with Gasteiger partial charge < -0.3 is 14.6 Å². The summed E-state index contributed by atoms with van der Waals surface area (Å²) in [6, 6.07) is 13.6. The first kappa shape index (κ1) is 26.1. The minimum atomic E-state index is -0.879. The normalized spacial score (nSPS) is 14.1. The van der Waals surface area contributed by atoms with Gasteiger partial charge in [-0.3, -0.25) is 19.7 Å². The van der Waals surface area contributed by atoms with Crippen LogP contribution in [0.15, 0.2) is 59.0 Å². The molecule has 1 N–H and O–H groups in total. The van der Waals surface area contributed by atoms with E-state index >= 15 is 0 Å². The number of nitro groups is 1. The summed E-state index contributed by atoms with van der Waals surface area (Å²) in [5, 5.41) is 14.6. The van der Waals surface area contributed by atoms with E-state index in [0.717, 1.165) is 9.13 Å². The van der Waals surface area contributed by atoms with Gasteiger partial charge in [-0.05, 0) is 72.8 Å². The first-order valence-electron chi connectivity index (χ1n) is 11.5. The van der Waals surface area contributed by atoms with E-state index in [2.05, 4.69) is 27.9 Å². The zero-order chi connectivity index (χ0) is 27.4. The third kappa shape index (κ3) is 4.51. The van der Waals surface area contributed by atoms with Gasteiger partial charge in [-0.1, -0.05) is 17.7 Å². The second-order valence-electron chi connectivity index (χ2n) is 9.44. The van der Waals surface area contributed by atoms with Crippen LogP contribution in [0.1, 0.15) is 41.1 Å². The molecule has 0 fully saturated rings. The van der Waals surface area contributed by atoms with Crippen molar-refractivity contribution >= 4 is 68.4 Å². The number of carbonyl (C=O) groups is 2. The van der Waals surface area contributed by atoms with E-state index in [1.165, 1.54) is 35.2 Å². The second kappa shape index (κ2) is 9.66. The number of non-ortho nitro benzene ring substituents is 1. The van der Waals surface area contributed by atoms with E-state index in [-0.39, 0.29) is 35.3 Å². The molecule has 0 spiro atoms. The predicted molar refractivity (Wildman–Crippen MR) is 149 cm³/mol. The lowest BCUT2D eigenvalue weighted by atomic mass is 9.86. The molecule has 0 unspecified atom stereocenters. The summed E-state index contributed by atoms with van der Waals surface area (Å²) in [5.74, 6) is -0.718. The molecule has 2 amide bonds. The Morgan fingerprint density at radius 1 is 1.21 bits per heavy atom. The molecule has 38 heavy (non-hydrogen) atoms. The molecular weight excluding hydrogens is 628 g/mol. The molecule has 0 atom stereocenters. The Bertz CT molecular complexity index is 1630. The minimum Gasteiger partial charge on any atom is -0.459 e. The van der Waals surface area contributed by atoms with Crippen LogP contribution in [0.4, 0.5) is 15.8 Å². The average molecular weight is 648 g/mol. The summed E-state index contributed by atoms with van der Waals surface area (Å²) >= 11 is 8.33. The van der Waals surface area contributed by atoms with Crippen molar-refractivity contribution in [2.45, 2.75) is 32.4 Å². The van der Waals surface area contributed by atoms with E-state index in [1.54, 1.807) is 38.1 Å². The topological polar surface area (TPSA) is 106 Å². The number of anilines is 1. The molecule has 11 heteroatoms. The lowest BCUT2D eigenvalue weighted by Gasteiger charge is -2.21. The fourth-order valence-corrected chi connectivity index (χ4v) is 6.17. The Morgan fingerprint density at radius 3 is 2.68 bits per heavy atom. The molecule has 1 aliphatic heterocycles. The summed E-state index contributed by atoms with van der Waals surface area (Å²) in [6.45, 7) is 3.57. The highest BCUT2D eigenvalue weighted by molar-refractivity contribution is 14.1. The van der Waals surface area contributed by atoms with Crippen molar-refractivity contribution in [2.75, 3.05) is 4.90 Å². The third-order valence-corrected chi connectivity index (χ3v) is 7.79. The molecule has 4 aromatic rings. The molecule has 0 bridgehead atoms. The molecular formula is C27H20ClFIN3O5. The summed E-state index contributed by atoms with van der Waals surface area (Å²) < 4.78 is 21.0. The number of nitrogens with one attached hydrogen (secondary N) is 1. The van der Waals surface area contributed by atoms with Gasteiger partial charge in [-0.2, -0.15) is 0 Å². The van der Waals surface area contributed by atoms with E-state index < -0.39 is 22.1 Å². The number of rotatable bonds is 6. The lowest BCUT2D eigenvalue weighted by molar-refractivity contribution is -0.384. The van der Waals surface area contributed by atoms with Gasteiger partial charge in [0.1, 0.15) is 17.2 Å². The Kier molecular flexibility index (Phi) is 6.64. The van der Waals surface area contributed by atoms with Gasteiger partial charge >= 0.3 is 0 Å². The maximum absolute atomic E-state index is 14.6. The number of halogens is 3. The van der Waals surface area contributed by atoms with E-state index in [0.29, 0.717) is 28.0 Å². The maximum Gasteiger partial charge on any atom is 0.270 e. The van der Waals surface area contributed by atoms with Crippen LogP contribution in [-0.4, -0.2) is 16.7 Å². The van der Waals surface area contributed by atoms with Gasteiger partial charge in [0.15, 0.2) is 0 Å². The van der Waals surface area contributed by atoms with Crippen LogP contribution in [-0.2, 0) is 23.3 Å². The first-order valence-corrected chi connectivity index (χ1v) is 13.0. The van der Waals surface area contributed by atoms with E-state index in [9.17, 15) is 24.1 Å². The van der Waals surface area contributed by atoms with Gasteiger partial charge in [-0.15, -0.1) is 0 Å². The molecule has 2 heterocycles. The Balaban J connectivity index is 1.42. The largest absolute Gasteiger partial charge is 0.459 e. The van der Waals surface area contributed by atoms with Crippen LogP contribution >= 0.6 is 34.2 Å². The molecule has 0 saturated carbocycles. The zero-order valence-electron chi connectivity index (χ0n) is 20.2. The highest BCUT2D eigenvalue weighted by atomic mass is 127. The van der Waals surface area contributed by atoms with Crippen LogP contribution in [0.2, 0.25) is 5.02 Å². The minimum absolute atomic E-state index is 0.0496. The van der Waals surface area contributed by atoms with Crippen LogP contribution in [0, 0.1) is 19.5 Å². The number of hydrogen-bond donors (Lipinski definition) is 1. The van der Waals surface area contributed by atoms with Crippen molar-refractivity contribution in [2.24, 2.45) is 0 Å². The van der Waals surface area contributed by atoms with Crippen molar-refractivity contribution < 1.29 is 23.3 Å². The predicted octanol–water partition coefficient (Wildman–Crippen LogP) is 6.49. The monoisotopic (exact) mass is 647 g/mol. The number of carbonyl (C=O) groups excluding carboxylic acids is 2. The quantitative estimate of drug-likeness (QED) is 0.146. The number of hydrogen-bond acceptors (Lipinski definition) is 5. The maximum atomic E-state index is 14.6. The highest BCUT2D eigenvalue weighted by Crippen LogP contribution is 2.45. The number of nitrogens with zero attached hydrogens (tertiary/aromatic N) is 2. The first-order chi connectivity index (χ1) is 18.0. The molecule has 3 aromatic carbocycles. The number of nitro benzene ring substituents is 1. The lowest BCUT2D eigenvalue weighted by Crippen LogP contribution is -2.36. The summed E-state index contributed by atoms with van der Waals surface area (Å²) in [6.07, 6.45) is 0. The van der Waals surface area contributed by atoms with Crippen molar-refractivity contribution in [3.63, 3.8) is 0 Å². The van der Waals surface area contributed by atoms with Crippen molar-refractivity contribution in [1.29, 1.82) is 0 Å². The number of amides is 2. The Labute approximate surface area is 235 Å². The van der Waals surface area contributed by atoms with Gasteiger partial charge in [0.25, 0.3) is 11.6 Å². The smallest absolute Gasteiger partial charge is 0.270 e. The van der Waals surface area contributed by atoms with Gasteiger partial charge in [0, 0.05) is 42.8 Å². The Morgan fingerprint density at radius 2 is 1.97 bits per heavy atom. The summed E-state index contributed by atoms with van der Waals surface area (Å²) in [4.78, 5) is 38.5. The molecule has 5 rings (SSSR count). The van der Waals surface area contributed by atoms with Crippen LogP contribution < -0.4 is 10.2 Å². The van der Waals surface area contributed by atoms with Crippen molar-refractivity contribution in [3.05, 3.63) is 102 Å². The van der Waals surface area contributed by atoms with Crippen LogP contribution in [0.3, 0.4) is 0 Å². The number of furan rings is 1. The fraction of sp³-hybridized carbons (Fsp3) is 0.185. The van der Waals surface area contributed by atoms with Gasteiger partial charge in [-0.25, -0.2) is 4.39 Å². The standard InChI is InChI=1S/C27H20ClFIN3O5/c1-27(2)24-21(30)10-15(11-22(24)32(26(27)35)13-18-19(28)4-3-5-20(18)29)25(34)31-12-17-9-14-8-16(33(36)37)6-7-23(14)38-17/h3-11H,12-13H2,1-2H3,(H,31,34). The summed E-state index contributed by atoms with van der Waals surface area (Å²) in [7, 11) is 0. The van der Waals surface area contributed by atoms with Gasteiger partial charge in [0.05, 0.1) is 29.1 Å². The second-order valence-corrected chi connectivity index (χ2v) is 11.0. The van der Waals surface area contributed by atoms with Gasteiger partial charge in [0.2, 0.25) is 5.91 Å². The third-order valence-electron chi connectivity index (χ3n) is 6.59. The average Bonchev–Trinajstić information content (AvgIpc) is 3.35. The molecule has 0 aliphatic carbocycles. The van der Waals surface area contributed by atoms with Crippen molar-refractivity contribution in [1.82, 2.24) is 5.32 Å². The number of benzene rings is 3. The zero-order valence-corrected chi connectivity index (χ0v) is 23.1. The molecule has 194 valence electrons. The molecule has 8 nitrogen and oxygen atoms in total. The van der Waals surface area contributed by atoms with Crippen molar-refractivity contribution in [3.8, 4) is 0 Å². The van der Waals surface area contributed by atoms with E-state index in [4.69, 9.17) is 16.0 Å².